The Morgan fingerprint density at radius 1 is 1.67 bits per heavy atom. The van der Waals surface area contributed by atoms with Gasteiger partial charge in [0.15, 0.2) is 0 Å². The zero-order valence-corrected chi connectivity index (χ0v) is 4.03. The van der Waals surface area contributed by atoms with Gasteiger partial charge >= 0.3 is 0 Å². The molecule has 0 aromatic carbocycles. The minimum absolute atomic E-state index is 1.47. The molecule has 0 N–H and O–H groups in total. The molecular weight excluding hydrogens is 92.1 g/mol. The number of thiocarbonyl (C=S) groups is 1. The molecule has 0 amide bonds. The molecule has 0 nitrogen and oxygen atoms in total. The standard InChI is InChI=1S/C5H4S/c1-2-3-4-5-6/h1,3-5H. The second-order valence-electron chi connectivity index (χ2n) is 0.662. The first-order valence-electron chi connectivity index (χ1n) is 1.48. The second kappa shape index (κ2) is 4.39. The van der Waals surface area contributed by atoms with Gasteiger partial charge in [0.05, 0.1) is 0 Å². The summed E-state index contributed by atoms with van der Waals surface area (Å²) in [5, 5.41) is 1.47. The molecule has 0 radical (unpaired) electrons. The van der Waals surface area contributed by atoms with E-state index in [1.54, 1.807) is 12.2 Å². The van der Waals surface area contributed by atoms with E-state index in [0.29, 0.717) is 0 Å². The van der Waals surface area contributed by atoms with Crippen LogP contribution in [0, 0.1) is 12.3 Å². The van der Waals surface area contributed by atoms with E-state index in [9.17, 15) is 0 Å². The zero-order valence-electron chi connectivity index (χ0n) is 3.22. The molecule has 0 aliphatic carbocycles. The van der Waals surface area contributed by atoms with Gasteiger partial charge in [-0.25, -0.2) is 0 Å². The average Bonchev–Trinajstić information content (AvgIpc) is 1.61. The van der Waals surface area contributed by atoms with Crippen molar-refractivity contribution in [2.45, 2.75) is 0 Å². The lowest BCUT2D eigenvalue weighted by Gasteiger charge is -1.55. The smallest absolute Gasteiger partial charge is 0.00198 e. The Morgan fingerprint density at radius 3 is 2.50 bits per heavy atom. The highest BCUT2D eigenvalue weighted by atomic mass is 32.1. The third-order valence-electron chi connectivity index (χ3n) is 0.271. The Hall–Kier alpha value is -0.610. The highest BCUT2D eigenvalue weighted by Gasteiger charge is 1.48. The van der Waals surface area contributed by atoms with E-state index in [1.807, 2.05) is 0 Å². The minimum Gasteiger partial charge on any atom is -0.115 e. The predicted molar refractivity (Wildman–Crippen MR) is 31.6 cm³/mol. The molecule has 0 aromatic heterocycles. The van der Waals surface area contributed by atoms with E-state index in [4.69, 9.17) is 6.42 Å². The van der Waals surface area contributed by atoms with Gasteiger partial charge in [-0.05, 0) is 12.2 Å². The van der Waals surface area contributed by atoms with Gasteiger partial charge in [0.2, 0.25) is 0 Å². The van der Waals surface area contributed by atoms with Crippen LogP contribution in [0.3, 0.4) is 0 Å². The summed E-state index contributed by atoms with van der Waals surface area (Å²) in [7, 11) is 0. The molecule has 0 atom stereocenters. The van der Waals surface area contributed by atoms with E-state index in [2.05, 4.69) is 18.1 Å². The lowest BCUT2D eigenvalue weighted by molar-refractivity contribution is 2.25. The van der Waals surface area contributed by atoms with Crippen molar-refractivity contribution in [3.8, 4) is 12.3 Å². The Labute approximate surface area is 42.9 Å². The van der Waals surface area contributed by atoms with Crippen LogP contribution in [0.4, 0.5) is 0 Å². The van der Waals surface area contributed by atoms with Gasteiger partial charge in [0.1, 0.15) is 0 Å². The highest BCUT2D eigenvalue weighted by Crippen LogP contribution is 1.60. The molecule has 0 rings (SSSR count). The molecule has 0 unspecified atom stereocenters. The summed E-state index contributed by atoms with van der Waals surface area (Å²) in [6.45, 7) is 0. The van der Waals surface area contributed by atoms with Crippen molar-refractivity contribution in [2.75, 3.05) is 0 Å². The number of terminal acetylenes is 1. The van der Waals surface area contributed by atoms with Crippen LogP contribution in [0.1, 0.15) is 0 Å². The van der Waals surface area contributed by atoms with Crippen molar-refractivity contribution in [3.05, 3.63) is 12.2 Å². The van der Waals surface area contributed by atoms with E-state index in [1.165, 1.54) is 5.37 Å². The fraction of sp³-hybridized carbons (Fsp3) is 0. The molecule has 0 saturated carbocycles. The Balaban J connectivity index is 3.26. The first-order valence-corrected chi connectivity index (χ1v) is 1.95. The monoisotopic (exact) mass is 96.0 g/mol. The van der Waals surface area contributed by atoms with Crippen molar-refractivity contribution >= 4 is 17.6 Å². The third kappa shape index (κ3) is 3.39. The van der Waals surface area contributed by atoms with E-state index >= 15 is 0 Å². The van der Waals surface area contributed by atoms with Crippen molar-refractivity contribution in [1.82, 2.24) is 0 Å². The van der Waals surface area contributed by atoms with E-state index < -0.39 is 0 Å². The van der Waals surface area contributed by atoms with Crippen LogP contribution in [0.25, 0.3) is 0 Å². The third-order valence-corrected chi connectivity index (χ3v) is 0.428. The van der Waals surface area contributed by atoms with Crippen molar-refractivity contribution in [2.24, 2.45) is 0 Å². The number of allylic oxidation sites excluding steroid dienone is 2. The van der Waals surface area contributed by atoms with Crippen molar-refractivity contribution in [3.63, 3.8) is 0 Å². The maximum absolute atomic E-state index is 4.81. The lowest BCUT2D eigenvalue weighted by atomic mass is 10.5. The van der Waals surface area contributed by atoms with E-state index in [0.717, 1.165) is 0 Å². The van der Waals surface area contributed by atoms with Gasteiger partial charge in [0.25, 0.3) is 0 Å². The number of rotatable bonds is 1. The Morgan fingerprint density at radius 2 is 2.33 bits per heavy atom. The number of hydrogen-bond donors (Lipinski definition) is 0. The van der Waals surface area contributed by atoms with Gasteiger partial charge in [0, 0.05) is 5.37 Å². The summed E-state index contributed by atoms with van der Waals surface area (Å²) in [6.07, 6.45) is 7.99. The first kappa shape index (κ1) is 5.39. The maximum atomic E-state index is 4.81. The Kier molecular flexibility index (Phi) is 3.94. The molecule has 0 fully saturated rings. The normalized spacial score (nSPS) is 7.83. The van der Waals surface area contributed by atoms with Gasteiger partial charge in [-0.1, -0.05) is 18.1 Å². The SMILES string of the molecule is C#CC=CC=S. The summed E-state index contributed by atoms with van der Waals surface area (Å²) in [4.78, 5) is 0. The van der Waals surface area contributed by atoms with Gasteiger partial charge in [-0.3, -0.25) is 0 Å². The predicted octanol–water partition coefficient (Wildman–Crippen LogP) is 1.18. The summed E-state index contributed by atoms with van der Waals surface area (Å²) >= 11 is 4.41. The summed E-state index contributed by atoms with van der Waals surface area (Å²) in [5.74, 6) is 2.29. The molecular formula is C5H4S. The fourth-order valence-corrected chi connectivity index (χ4v) is 0.173. The van der Waals surface area contributed by atoms with Crippen LogP contribution < -0.4 is 0 Å². The molecule has 0 bridgehead atoms. The molecule has 0 saturated heterocycles. The van der Waals surface area contributed by atoms with E-state index in [-0.39, 0.29) is 0 Å². The molecule has 0 aromatic rings. The van der Waals surface area contributed by atoms with Crippen LogP contribution >= 0.6 is 12.2 Å². The second-order valence-corrected chi connectivity index (χ2v) is 0.934. The van der Waals surface area contributed by atoms with Crippen molar-refractivity contribution < 1.29 is 0 Å². The quantitative estimate of drug-likeness (QED) is 0.268. The number of hydrogen-bond acceptors (Lipinski definition) is 1. The molecule has 1 heteroatoms. The van der Waals surface area contributed by atoms with Gasteiger partial charge in [-0.2, -0.15) is 0 Å². The summed E-state index contributed by atoms with van der Waals surface area (Å²) in [5.41, 5.74) is 0. The summed E-state index contributed by atoms with van der Waals surface area (Å²) in [6, 6.07) is 0. The fourth-order valence-electron chi connectivity index (χ4n) is 0.0948. The van der Waals surface area contributed by atoms with Crippen LogP contribution in [0.15, 0.2) is 12.2 Å². The lowest BCUT2D eigenvalue weighted by Crippen LogP contribution is -1.48. The topological polar surface area (TPSA) is 0 Å². The summed E-state index contributed by atoms with van der Waals surface area (Å²) < 4.78 is 0. The van der Waals surface area contributed by atoms with Crippen LogP contribution in [0.5, 0.6) is 0 Å². The molecule has 0 aliphatic rings. The minimum atomic E-state index is 1.47. The zero-order chi connectivity index (χ0) is 4.83. The first-order chi connectivity index (χ1) is 2.91. The van der Waals surface area contributed by atoms with Gasteiger partial charge in [-0.15, -0.1) is 6.42 Å². The highest BCUT2D eigenvalue weighted by molar-refractivity contribution is 7.79. The molecule has 0 heterocycles. The van der Waals surface area contributed by atoms with Crippen LogP contribution in [0.2, 0.25) is 0 Å². The molecule has 30 valence electrons. The maximum Gasteiger partial charge on any atom is 0.00198 e. The van der Waals surface area contributed by atoms with Crippen LogP contribution in [-0.2, 0) is 0 Å². The average molecular weight is 96.2 g/mol. The molecule has 6 heavy (non-hydrogen) atoms. The Bertz CT molecular complexity index is 95.0. The molecule has 0 aliphatic heterocycles. The molecule has 0 spiro atoms. The van der Waals surface area contributed by atoms with Gasteiger partial charge < -0.3 is 0 Å². The van der Waals surface area contributed by atoms with Crippen LogP contribution in [-0.4, -0.2) is 5.37 Å². The largest absolute Gasteiger partial charge is 0.115 e. The van der Waals surface area contributed by atoms with Crippen molar-refractivity contribution in [1.29, 1.82) is 0 Å².